The van der Waals surface area contributed by atoms with Gasteiger partial charge in [-0.15, -0.1) is 0 Å². The van der Waals surface area contributed by atoms with Crippen LogP contribution in [-0.4, -0.2) is 61.1 Å². The summed E-state index contributed by atoms with van der Waals surface area (Å²) < 4.78 is 5.21. The molecule has 1 heterocycles. The van der Waals surface area contributed by atoms with Crippen molar-refractivity contribution in [2.45, 2.75) is 46.6 Å². The van der Waals surface area contributed by atoms with E-state index in [1.54, 1.807) is 0 Å². The predicted octanol–water partition coefficient (Wildman–Crippen LogP) is 1.99. The molecule has 0 spiro atoms. The van der Waals surface area contributed by atoms with E-state index in [4.69, 9.17) is 4.74 Å². The molecule has 4 heteroatoms. The van der Waals surface area contributed by atoms with Crippen molar-refractivity contribution in [2.24, 2.45) is 5.92 Å². The Hall–Kier alpha value is -0.610. The number of esters is 1. The van der Waals surface area contributed by atoms with Gasteiger partial charge in [0, 0.05) is 32.7 Å². The maximum atomic E-state index is 12.0. The Labute approximate surface area is 118 Å². The van der Waals surface area contributed by atoms with Gasteiger partial charge in [0.1, 0.15) is 6.04 Å². The Morgan fingerprint density at radius 2 is 1.79 bits per heavy atom. The topological polar surface area (TPSA) is 32.8 Å². The highest BCUT2D eigenvalue weighted by atomic mass is 16.5. The van der Waals surface area contributed by atoms with Crippen LogP contribution in [0.4, 0.5) is 0 Å². The van der Waals surface area contributed by atoms with Gasteiger partial charge in [-0.05, 0) is 19.3 Å². The van der Waals surface area contributed by atoms with Crippen molar-refractivity contribution in [1.82, 2.24) is 9.80 Å². The van der Waals surface area contributed by atoms with Crippen LogP contribution in [0.5, 0.6) is 0 Å². The number of hydrogen-bond acceptors (Lipinski definition) is 4. The number of carbonyl (C=O) groups excluding carboxylic acids is 1. The number of nitrogens with zero attached hydrogens (tertiary/aromatic N) is 2. The molecule has 0 saturated carbocycles. The molecule has 4 nitrogen and oxygen atoms in total. The molecule has 1 unspecified atom stereocenters. The monoisotopic (exact) mass is 270 g/mol. The highest BCUT2D eigenvalue weighted by Crippen LogP contribution is 2.13. The molecule has 0 aromatic carbocycles. The van der Waals surface area contributed by atoms with Gasteiger partial charge in [0.25, 0.3) is 0 Å². The van der Waals surface area contributed by atoms with Crippen LogP contribution in [-0.2, 0) is 9.53 Å². The molecule has 0 amide bonds. The molecule has 1 aliphatic rings. The Kier molecular flexibility index (Phi) is 7.39. The van der Waals surface area contributed by atoms with Crippen molar-refractivity contribution in [3.05, 3.63) is 0 Å². The minimum atomic E-state index is -0.0401. The first kappa shape index (κ1) is 16.4. The number of carbonyl (C=O) groups is 1. The van der Waals surface area contributed by atoms with E-state index in [-0.39, 0.29) is 12.0 Å². The molecule has 0 bridgehead atoms. The highest BCUT2D eigenvalue weighted by Gasteiger charge is 2.29. The summed E-state index contributed by atoms with van der Waals surface area (Å²) in [6, 6.07) is -0.0360. The average molecular weight is 270 g/mol. The molecule has 0 aromatic heterocycles. The number of ether oxygens (including phenoxy) is 1. The van der Waals surface area contributed by atoms with Crippen molar-refractivity contribution in [3.63, 3.8) is 0 Å². The lowest BCUT2D eigenvalue weighted by Gasteiger charge is -2.38. The second-order valence-corrected chi connectivity index (χ2v) is 5.79. The van der Waals surface area contributed by atoms with Crippen molar-refractivity contribution in [1.29, 1.82) is 0 Å². The third kappa shape index (κ3) is 5.49. The van der Waals surface area contributed by atoms with Crippen LogP contribution >= 0.6 is 0 Å². The third-order valence-corrected chi connectivity index (χ3v) is 3.59. The fourth-order valence-corrected chi connectivity index (χ4v) is 2.74. The molecular weight excluding hydrogens is 240 g/mol. The minimum absolute atomic E-state index is 0.0360. The van der Waals surface area contributed by atoms with Gasteiger partial charge < -0.3 is 9.64 Å². The Balaban J connectivity index is 2.47. The summed E-state index contributed by atoms with van der Waals surface area (Å²) in [5.41, 5.74) is 0. The summed E-state index contributed by atoms with van der Waals surface area (Å²) >= 11 is 0. The first-order chi connectivity index (χ1) is 9.08. The maximum Gasteiger partial charge on any atom is 0.323 e. The average Bonchev–Trinajstić information content (AvgIpc) is 2.36. The van der Waals surface area contributed by atoms with Gasteiger partial charge in [-0.25, -0.2) is 0 Å². The number of piperazine rings is 1. The van der Waals surface area contributed by atoms with E-state index in [9.17, 15) is 4.79 Å². The molecule has 0 N–H and O–H groups in total. The van der Waals surface area contributed by atoms with Gasteiger partial charge in [0.05, 0.1) is 6.61 Å². The fourth-order valence-electron chi connectivity index (χ4n) is 2.74. The van der Waals surface area contributed by atoms with E-state index in [2.05, 4.69) is 30.6 Å². The lowest BCUT2D eigenvalue weighted by Crippen LogP contribution is -2.53. The predicted molar refractivity (Wildman–Crippen MR) is 78.2 cm³/mol. The van der Waals surface area contributed by atoms with Crippen LogP contribution in [0.1, 0.15) is 40.5 Å². The molecule has 112 valence electrons. The summed E-state index contributed by atoms with van der Waals surface area (Å²) in [5, 5.41) is 0. The summed E-state index contributed by atoms with van der Waals surface area (Å²) in [7, 11) is 0. The Morgan fingerprint density at radius 1 is 1.16 bits per heavy atom. The molecule has 1 rings (SSSR count). The van der Waals surface area contributed by atoms with Crippen molar-refractivity contribution in [2.75, 3.05) is 39.3 Å². The normalized spacial score (nSPS) is 19.6. The van der Waals surface area contributed by atoms with Crippen LogP contribution in [0.25, 0.3) is 0 Å². The Morgan fingerprint density at radius 3 is 2.26 bits per heavy atom. The van der Waals surface area contributed by atoms with Gasteiger partial charge in [-0.2, -0.15) is 0 Å². The lowest BCUT2D eigenvalue weighted by atomic mass is 10.1. The van der Waals surface area contributed by atoms with Crippen LogP contribution in [0.3, 0.4) is 0 Å². The van der Waals surface area contributed by atoms with Gasteiger partial charge >= 0.3 is 5.97 Å². The van der Waals surface area contributed by atoms with Gasteiger partial charge in [-0.1, -0.05) is 27.2 Å². The van der Waals surface area contributed by atoms with Gasteiger partial charge in [0.15, 0.2) is 0 Å². The molecule has 1 atom stereocenters. The van der Waals surface area contributed by atoms with Crippen LogP contribution in [0, 0.1) is 5.92 Å². The van der Waals surface area contributed by atoms with E-state index < -0.39 is 0 Å². The first-order valence-corrected chi connectivity index (χ1v) is 7.71. The van der Waals surface area contributed by atoms with Gasteiger partial charge in [0.2, 0.25) is 0 Å². The van der Waals surface area contributed by atoms with Crippen LogP contribution in [0.2, 0.25) is 0 Å². The molecular formula is C15H30N2O2. The molecule has 1 fully saturated rings. The standard InChI is InChI=1S/C15H30N2O2/c1-5-7-14(15(18)19-6-2)17-10-8-16(9-11-17)12-13(3)4/h13-14H,5-12H2,1-4H3. The molecule has 0 radical (unpaired) electrons. The summed E-state index contributed by atoms with van der Waals surface area (Å²) in [4.78, 5) is 16.8. The summed E-state index contributed by atoms with van der Waals surface area (Å²) in [6.07, 6.45) is 1.93. The zero-order chi connectivity index (χ0) is 14.3. The SMILES string of the molecule is CCCC(C(=O)OCC)N1CCN(CC(C)C)CC1. The van der Waals surface area contributed by atoms with E-state index >= 15 is 0 Å². The van der Waals surface area contributed by atoms with Crippen molar-refractivity contribution in [3.8, 4) is 0 Å². The van der Waals surface area contributed by atoms with Crippen LogP contribution in [0.15, 0.2) is 0 Å². The molecule has 0 aromatic rings. The van der Waals surface area contributed by atoms with Crippen molar-refractivity contribution < 1.29 is 9.53 Å². The number of rotatable bonds is 7. The molecule has 19 heavy (non-hydrogen) atoms. The number of hydrogen-bond donors (Lipinski definition) is 0. The van der Waals surface area contributed by atoms with Crippen molar-refractivity contribution >= 4 is 5.97 Å². The van der Waals surface area contributed by atoms with E-state index in [1.165, 1.54) is 0 Å². The molecule has 0 aliphatic carbocycles. The van der Waals surface area contributed by atoms with Gasteiger partial charge in [-0.3, -0.25) is 9.69 Å². The highest BCUT2D eigenvalue weighted by molar-refractivity contribution is 5.75. The third-order valence-electron chi connectivity index (χ3n) is 3.59. The summed E-state index contributed by atoms with van der Waals surface area (Å²) in [6.45, 7) is 14.2. The minimum Gasteiger partial charge on any atom is -0.465 e. The summed E-state index contributed by atoms with van der Waals surface area (Å²) in [5.74, 6) is 0.671. The quantitative estimate of drug-likeness (QED) is 0.662. The molecule has 1 saturated heterocycles. The second-order valence-electron chi connectivity index (χ2n) is 5.79. The smallest absolute Gasteiger partial charge is 0.323 e. The Bertz CT molecular complexity index is 261. The van der Waals surface area contributed by atoms with Crippen LogP contribution < -0.4 is 0 Å². The van der Waals surface area contributed by atoms with E-state index in [0.717, 1.165) is 45.6 Å². The van der Waals surface area contributed by atoms with E-state index in [1.807, 2.05) is 6.92 Å². The lowest BCUT2D eigenvalue weighted by molar-refractivity contribution is -0.150. The first-order valence-electron chi connectivity index (χ1n) is 7.71. The zero-order valence-corrected chi connectivity index (χ0v) is 13.0. The maximum absolute atomic E-state index is 12.0. The largest absolute Gasteiger partial charge is 0.465 e. The molecule has 1 aliphatic heterocycles. The van der Waals surface area contributed by atoms with E-state index in [0.29, 0.717) is 12.5 Å². The second kappa shape index (κ2) is 8.54. The zero-order valence-electron chi connectivity index (χ0n) is 13.0. The fraction of sp³-hybridized carbons (Fsp3) is 0.933.